The first-order valence-electron chi connectivity index (χ1n) is 3.88. The van der Waals surface area contributed by atoms with E-state index in [1.165, 1.54) is 6.07 Å². The number of rotatable bonds is 2. The normalized spacial score (nSPS) is 14.4. The number of hydrogen-bond acceptors (Lipinski definition) is 3. The lowest BCUT2D eigenvalue weighted by Crippen LogP contribution is -2.18. The molecule has 0 saturated carbocycles. The highest BCUT2D eigenvalue weighted by Gasteiger charge is 2.25. The van der Waals surface area contributed by atoms with E-state index in [1.807, 2.05) is 0 Å². The molecule has 0 amide bonds. The first kappa shape index (κ1) is 11.9. The number of aliphatic hydroxyl groups excluding tert-OH is 2. The summed E-state index contributed by atoms with van der Waals surface area (Å²) in [5.74, 6) is -1.92. The summed E-state index contributed by atoms with van der Waals surface area (Å²) in [5.41, 5.74) is -0.620. The zero-order chi connectivity index (χ0) is 11.6. The Morgan fingerprint density at radius 1 is 1.27 bits per heavy atom. The van der Waals surface area contributed by atoms with Crippen LogP contribution in [0.5, 0.6) is 0 Å². The first-order chi connectivity index (χ1) is 6.99. The average Bonchev–Trinajstić information content (AvgIpc) is 2.22. The fourth-order valence-corrected chi connectivity index (χ4v) is 1.31. The summed E-state index contributed by atoms with van der Waals surface area (Å²) in [6, 6.07) is 2.83. The van der Waals surface area contributed by atoms with E-state index in [2.05, 4.69) is 0 Å². The van der Waals surface area contributed by atoms with E-state index in [0.717, 1.165) is 12.1 Å². The van der Waals surface area contributed by atoms with Crippen molar-refractivity contribution in [2.75, 3.05) is 0 Å². The lowest BCUT2D eigenvalue weighted by molar-refractivity contribution is 0.0502. The van der Waals surface area contributed by atoms with E-state index in [9.17, 15) is 13.9 Å². The van der Waals surface area contributed by atoms with Gasteiger partial charge < -0.3 is 10.2 Å². The Bertz CT molecular complexity index is 419. The second-order valence-electron chi connectivity index (χ2n) is 2.78. The fourth-order valence-electron chi connectivity index (χ4n) is 1.04. The molecule has 0 aliphatic carbocycles. The highest BCUT2D eigenvalue weighted by molar-refractivity contribution is 6.31. The van der Waals surface area contributed by atoms with Crippen LogP contribution < -0.4 is 0 Å². The first-order valence-corrected chi connectivity index (χ1v) is 4.26. The Labute approximate surface area is 89.1 Å². The Kier molecular flexibility index (Phi) is 3.58. The van der Waals surface area contributed by atoms with Crippen molar-refractivity contribution in [1.29, 1.82) is 5.26 Å². The molecular weight excluding hydrogens is 228 g/mol. The van der Waals surface area contributed by atoms with Crippen molar-refractivity contribution in [3.63, 3.8) is 0 Å². The minimum absolute atomic E-state index is 0.620. The van der Waals surface area contributed by atoms with E-state index < -0.39 is 34.4 Å². The summed E-state index contributed by atoms with van der Waals surface area (Å²) in [6.45, 7) is 0. The molecule has 0 radical (unpaired) electrons. The molecule has 0 bridgehead atoms. The van der Waals surface area contributed by atoms with Gasteiger partial charge in [0, 0.05) is 5.56 Å². The van der Waals surface area contributed by atoms with Crippen molar-refractivity contribution < 1.29 is 19.0 Å². The van der Waals surface area contributed by atoms with Gasteiger partial charge in [-0.15, -0.1) is 0 Å². The van der Waals surface area contributed by atoms with Gasteiger partial charge in [-0.1, -0.05) is 11.6 Å². The molecule has 0 aliphatic rings. The topological polar surface area (TPSA) is 64.2 Å². The Morgan fingerprint density at radius 2 is 1.80 bits per heavy atom. The third kappa shape index (κ3) is 2.23. The maximum atomic E-state index is 13.1. The molecule has 80 valence electrons. The lowest BCUT2D eigenvalue weighted by Gasteiger charge is -2.14. The van der Waals surface area contributed by atoms with Gasteiger partial charge in [0.05, 0.1) is 11.1 Å². The summed E-state index contributed by atoms with van der Waals surface area (Å²) < 4.78 is 26.1. The molecule has 6 heteroatoms. The van der Waals surface area contributed by atoms with Crippen LogP contribution in [0.15, 0.2) is 12.1 Å². The average molecular weight is 234 g/mol. The predicted molar refractivity (Wildman–Crippen MR) is 47.9 cm³/mol. The van der Waals surface area contributed by atoms with Crippen molar-refractivity contribution in [3.8, 4) is 6.07 Å². The summed E-state index contributed by atoms with van der Waals surface area (Å²) in [5, 5.41) is 25.9. The maximum Gasteiger partial charge on any atom is 0.170 e. The van der Waals surface area contributed by atoms with Crippen LogP contribution in [0.1, 0.15) is 11.7 Å². The largest absolute Gasteiger partial charge is 0.384 e. The molecule has 1 aromatic carbocycles. The van der Waals surface area contributed by atoms with Crippen LogP contribution >= 0.6 is 11.6 Å². The van der Waals surface area contributed by atoms with E-state index in [1.54, 1.807) is 0 Å². The maximum absolute atomic E-state index is 13.1. The molecule has 2 atom stereocenters. The van der Waals surface area contributed by atoms with Gasteiger partial charge in [0.25, 0.3) is 0 Å². The highest BCUT2D eigenvalue weighted by atomic mass is 35.5. The zero-order valence-electron chi connectivity index (χ0n) is 7.28. The zero-order valence-corrected chi connectivity index (χ0v) is 8.04. The molecule has 0 aliphatic heterocycles. The summed E-state index contributed by atoms with van der Waals surface area (Å²) >= 11 is 5.40. The fraction of sp³-hybridized carbons (Fsp3) is 0.222. The molecule has 2 N–H and O–H groups in total. The van der Waals surface area contributed by atoms with Crippen LogP contribution in [0.25, 0.3) is 0 Å². The molecule has 0 saturated heterocycles. The van der Waals surface area contributed by atoms with Gasteiger partial charge in [0.1, 0.15) is 17.7 Å². The van der Waals surface area contributed by atoms with Crippen LogP contribution in [0.3, 0.4) is 0 Å². The molecule has 1 rings (SSSR count). The second-order valence-corrected chi connectivity index (χ2v) is 3.15. The van der Waals surface area contributed by atoms with Crippen LogP contribution in [0, 0.1) is 23.0 Å². The number of nitrogens with zero attached hydrogens (tertiary/aromatic N) is 1. The number of hydrogen-bond donors (Lipinski definition) is 2. The van der Waals surface area contributed by atoms with Gasteiger partial charge in [0.2, 0.25) is 0 Å². The van der Waals surface area contributed by atoms with Crippen LogP contribution in [0.4, 0.5) is 8.78 Å². The Balaban J connectivity index is 3.25. The quantitative estimate of drug-likeness (QED) is 0.602. The van der Waals surface area contributed by atoms with Crippen molar-refractivity contribution in [1.82, 2.24) is 0 Å². The molecule has 2 unspecified atom stereocenters. The summed E-state index contributed by atoms with van der Waals surface area (Å²) in [4.78, 5) is 0. The SMILES string of the molecule is N#CC(O)C(O)c1c(F)ccc(F)c1Cl. The van der Waals surface area contributed by atoms with Gasteiger partial charge in [-0.3, -0.25) is 0 Å². The second kappa shape index (κ2) is 4.53. The van der Waals surface area contributed by atoms with Crippen LogP contribution in [0.2, 0.25) is 5.02 Å². The third-order valence-electron chi connectivity index (χ3n) is 1.81. The molecule has 0 heterocycles. The molecule has 3 nitrogen and oxygen atoms in total. The number of aliphatic hydroxyl groups is 2. The minimum atomic E-state index is -1.88. The molecule has 15 heavy (non-hydrogen) atoms. The molecule has 1 aromatic rings. The molecule has 0 spiro atoms. The van der Waals surface area contributed by atoms with Gasteiger partial charge in [-0.2, -0.15) is 5.26 Å². The monoisotopic (exact) mass is 233 g/mol. The molecule has 0 aromatic heterocycles. The van der Waals surface area contributed by atoms with Gasteiger partial charge in [-0.05, 0) is 12.1 Å². The van der Waals surface area contributed by atoms with Crippen molar-refractivity contribution >= 4 is 11.6 Å². The van der Waals surface area contributed by atoms with Crippen LogP contribution in [-0.2, 0) is 0 Å². The molecule has 0 fully saturated rings. The summed E-state index contributed by atoms with van der Waals surface area (Å²) in [7, 11) is 0. The number of nitriles is 1. The summed E-state index contributed by atoms with van der Waals surface area (Å²) in [6.07, 6.45) is -3.74. The van der Waals surface area contributed by atoms with Gasteiger partial charge in [-0.25, -0.2) is 8.78 Å². The Hall–Kier alpha value is -1.22. The number of benzene rings is 1. The Morgan fingerprint density at radius 3 is 2.33 bits per heavy atom. The van der Waals surface area contributed by atoms with Crippen molar-refractivity contribution in [2.45, 2.75) is 12.2 Å². The molecular formula is C9H6ClF2NO2. The lowest BCUT2D eigenvalue weighted by atomic mass is 10.0. The van der Waals surface area contributed by atoms with E-state index in [4.69, 9.17) is 22.0 Å². The third-order valence-corrected chi connectivity index (χ3v) is 2.19. The van der Waals surface area contributed by atoms with E-state index in [0.29, 0.717) is 0 Å². The smallest absolute Gasteiger partial charge is 0.170 e. The van der Waals surface area contributed by atoms with E-state index >= 15 is 0 Å². The number of halogens is 3. The van der Waals surface area contributed by atoms with Gasteiger partial charge >= 0.3 is 0 Å². The van der Waals surface area contributed by atoms with Crippen molar-refractivity contribution in [2.24, 2.45) is 0 Å². The van der Waals surface area contributed by atoms with Crippen LogP contribution in [-0.4, -0.2) is 16.3 Å². The van der Waals surface area contributed by atoms with E-state index in [-0.39, 0.29) is 0 Å². The van der Waals surface area contributed by atoms with Gasteiger partial charge in [0.15, 0.2) is 6.10 Å². The predicted octanol–water partition coefficient (Wildman–Crippen LogP) is 1.54. The minimum Gasteiger partial charge on any atom is -0.384 e. The van der Waals surface area contributed by atoms with Crippen molar-refractivity contribution in [3.05, 3.63) is 34.4 Å². The highest BCUT2D eigenvalue weighted by Crippen LogP contribution is 2.30. The standard InChI is InChI=1S/C9H6ClF2NO2/c10-8-5(12)2-1-4(11)7(8)9(15)6(14)3-13/h1-2,6,9,14-15H.